The maximum absolute atomic E-state index is 10.2. The quantitative estimate of drug-likeness (QED) is 0.809. The molecule has 0 saturated heterocycles. The second-order valence-electron chi connectivity index (χ2n) is 4.61. The Morgan fingerprint density at radius 3 is 2.22 bits per heavy atom. The topological polar surface area (TPSA) is 46.5 Å². The summed E-state index contributed by atoms with van der Waals surface area (Å²) in [7, 11) is -1.43. The second kappa shape index (κ2) is 9.14. The molecule has 0 heterocycles. The first kappa shape index (κ1) is 17.2. The molecule has 0 bridgehead atoms. The first-order valence-corrected chi connectivity index (χ1v) is 9.43. The van der Waals surface area contributed by atoms with E-state index in [0.717, 1.165) is 0 Å². The van der Waals surface area contributed by atoms with Crippen LogP contribution < -0.4 is 0 Å². The van der Waals surface area contributed by atoms with Gasteiger partial charge in [-0.05, 0) is 31.3 Å². The summed E-state index contributed by atoms with van der Waals surface area (Å²) < 4.78 is 4.85. The van der Waals surface area contributed by atoms with Gasteiger partial charge in [-0.1, -0.05) is 38.0 Å². The van der Waals surface area contributed by atoms with Crippen LogP contribution in [-0.2, 0) is 3.98 Å². The molecule has 0 aliphatic carbocycles. The summed E-state index contributed by atoms with van der Waals surface area (Å²) in [6.45, 7) is 6.45. The van der Waals surface area contributed by atoms with Crippen molar-refractivity contribution in [1.82, 2.24) is 0 Å². The highest BCUT2D eigenvalue weighted by Crippen LogP contribution is 2.15. The van der Waals surface area contributed by atoms with E-state index < -0.39 is 14.3 Å². The van der Waals surface area contributed by atoms with Crippen molar-refractivity contribution in [3.05, 3.63) is 35.9 Å². The third kappa shape index (κ3) is 8.28. The molecule has 1 N–H and O–H groups in total. The lowest BCUT2D eigenvalue weighted by Crippen LogP contribution is -2.25. The first-order chi connectivity index (χ1) is 8.43. The number of halogens is 1. The number of carboxylic acids is 1. The van der Waals surface area contributed by atoms with Crippen LogP contribution in [-0.4, -0.2) is 19.4 Å². The van der Waals surface area contributed by atoms with Gasteiger partial charge in [0.1, 0.15) is 0 Å². The van der Waals surface area contributed by atoms with Crippen LogP contribution in [0.3, 0.4) is 0 Å². The molecular formula is C13H21ClO3Si. The molecule has 0 aliphatic heterocycles. The van der Waals surface area contributed by atoms with Crippen LogP contribution in [0.15, 0.2) is 30.3 Å². The number of hydrogen-bond donors (Lipinski definition) is 1. The molecule has 0 aliphatic rings. The molecular weight excluding hydrogens is 268 g/mol. The maximum Gasteiger partial charge on any atom is 0.335 e. The van der Waals surface area contributed by atoms with Crippen LogP contribution in [0.25, 0.3) is 0 Å². The Kier molecular flexibility index (Phi) is 8.71. The van der Waals surface area contributed by atoms with E-state index in [-0.39, 0.29) is 0 Å². The van der Waals surface area contributed by atoms with Gasteiger partial charge in [0.15, 0.2) is 0 Å². The highest BCUT2D eigenvalue weighted by Gasteiger charge is 2.20. The molecule has 1 aromatic rings. The number of hydrogen-bond acceptors (Lipinski definition) is 2. The summed E-state index contributed by atoms with van der Waals surface area (Å²) in [5, 5.41) is 8.38. The van der Waals surface area contributed by atoms with Gasteiger partial charge in [0.05, 0.1) is 5.56 Å². The minimum absolute atomic E-state index is 0.331. The molecule has 0 amide bonds. The molecule has 18 heavy (non-hydrogen) atoms. The monoisotopic (exact) mass is 288 g/mol. The largest absolute Gasteiger partial charge is 0.478 e. The van der Waals surface area contributed by atoms with Gasteiger partial charge in [-0.25, -0.2) is 4.79 Å². The summed E-state index contributed by atoms with van der Waals surface area (Å²) in [4.78, 5) is 10.2. The van der Waals surface area contributed by atoms with Crippen molar-refractivity contribution in [1.29, 1.82) is 0 Å². The minimum Gasteiger partial charge on any atom is -0.478 e. The van der Waals surface area contributed by atoms with Gasteiger partial charge < -0.3 is 9.08 Å². The summed E-state index contributed by atoms with van der Waals surface area (Å²) in [5.41, 5.74) is 0.331. The molecule has 0 fully saturated rings. The van der Waals surface area contributed by atoms with Gasteiger partial charge in [0.2, 0.25) is 8.32 Å². The van der Waals surface area contributed by atoms with Crippen molar-refractivity contribution in [2.75, 3.05) is 0 Å². The van der Waals surface area contributed by atoms with Crippen LogP contribution in [0.2, 0.25) is 19.1 Å². The van der Waals surface area contributed by atoms with E-state index in [1.807, 2.05) is 0 Å². The third-order valence-electron chi connectivity index (χ3n) is 2.36. The smallest absolute Gasteiger partial charge is 0.335 e. The van der Waals surface area contributed by atoms with Crippen LogP contribution >= 0.6 is 11.9 Å². The van der Waals surface area contributed by atoms with E-state index >= 15 is 0 Å². The standard InChI is InChI=1S/C7H6O2.C6H15ClOSi/c8-7(9)6-4-2-1-3-5-6;1-4-5-6-9(2,3)8-7/h1-5H,(H,8,9);4-6H2,1-3H3. The van der Waals surface area contributed by atoms with Crippen molar-refractivity contribution in [3.8, 4) is 0 Å². The molecule has 0 radical (unpaired) electrons. The Balaban J connectivity index is 0.000000321. The first-order valence-electron chi connectivity index (χ1n) is 6.01. The maximum atomic E-state index is 10.2. The zero-order valence-corrected chi connectivity index (χ0v) is 12.9. The zero-order chi connectivity index (χ0) is 14.0. The van der Waals surface area contributed by atoms with Gasteiger partial charge in [0, 0.05) is 11.9 Å². The Morgan fingerprint density at radius 2 is 1.89 bits per heavy atom. The van der Waals surface area contributed by atoms with Gasteiger partial charge in [-0.2, -0.15) is 0 Å². The lowest BCUT2D eigenvalue weighted by atomic mass is 10.2. The van der Waals surface area contributed by atoms with E-state index in [2.05, 4.69) is 20.0 Å². The molecule has 0 atom stereocenters. The second-order valence-corrected chi connectivity index (χ2v) is 9.25. The van der Waals surface area contributed by atoms with Crippen molar-refractivity contribution >= 4 is 26.2 Å². The number of aromatic carboxylic acids is 1. The predicted octanol–water partition coefficient (Wildman–Crippen LogP) is 4.55. The van der Waals surface area contributed by atoms with Crippen LogP contribution in [0, 0.1) is 0 Å². The number of rotatable bonds is 5. The van der Waals surface area contributed by atoms with Crippen LogP contribution in [0.5, 0.6) is 0 Å². The normalized spacial score (nSPS) is 10.4. The number of benzene rings is 1. The molecule has 102 valence electrons. The molecule has 0 aromatic heterocycles. The predicted molar refractivity (Wildman–Crippen MR) is 77.5 cm³/mol. The SMILES string of the molecule is CCCC[Si](C)(C)OCl.O=C(O)c1ccccc1. The van der Waals surface area contributed by atoms with Gasteiger partial charge >= 0.3 is 5.97 Å². The van der Waals surface area contributed by atoms with Gasteiger partial charge in [-0.15, -0.1) is 0 Å². The molecule has 3 nitrogen and oxygen atoms in total. The Morgan fingerprint density at radius 1 is 1.33 bits per heavy atom. The number of carboxylic acid groups (broad SMARTS) is 1. The van der Waals surface area contributed by atoms with Crippen molar-refractivity contribution in [2.24, 2.45) is 0 Å². The van der Waals surface area contributed by atoms with E-state index in [1.165, 1.54) is 18.9 Å². The summed E-state index contributed by atoms with van der Waals surface area (Å²) >= 11 is 5.29. The lowest BCUT2D eigenvalue weighted by Gasteiger charge is -2.15. The van der Waals surface area contributed by atoms with E-state index in [9.17, 15) is 4.79 Å². The average molecular weight is 289 g/mol. The minimum atomic E-state index is -1.43. The van der Waals surface area contributed by atoms with Crippen molar-refractivity contribution in [3.63, 3.8) is 0 Å². The van der Waals surface area contributed by atoms with Crippen LogP contribution in [0.4, 0.5) is 0 Å². The Labute approximate surface area is 115 Å². The fraction of sp³-hybridized carbons (Fsp3) is 0.462. The van der Waals surface area contributed by atoms with E-state index in [4.69, 9.17) is 21.0 Å². The summed E-state index contributed by atoms with van der Waals surface area (Å²) in [6, 6.07) is 9.47. The van der Waals surface area contributed by atoms with Gasteiger partial charge in [-0.3, -0.25) is 0 Å². The Bertz CT molecular complexity index is 341. The lowest BCUT2D eigenvalue weighted by molar-refractivity contribution is 0.0697. The third-order valence-corrected chi connectivity index (χ3v) is 5.59. The highest BCUT2D eigenvalue weighted by molar-refractivity contribution is 6.74. The zero-order valence-electron chi connectivity index (χ0n) is 11.1. The molecule has 0 spiro atoms. The molecule has 0 saturated carbocycles. The van der Waals surface area contributed by atoms with E-state index in [0.29, 0.717) is 5.56 Å². The van der Waals surface area contributed by atoms with Crippen LogP contribution in [0.1, 0.15) is 30.1 Å². The Hall–Kier alpha value is -0.843. The fourth-order valence-electron chi connectivity index (χ4n) is 1.22. The van der Waals surface area contributed by atoms with Crippen molar-refractivity contribution < 1.29 is 13.9 Å². The number of carbonyl (C=O) groups is 1. The van der Waals surface area contributed by atoms with Crippen molar-refractivity contribution in [2.45, 2.75) is 38.9 Å². The highest BCUT2D eigenvalue weighted by atomic mass is 35.5. The number of unbranched alkanes of at least 4 members (excludes halogenated alkanes) is 1. The fourth-order valence-corrected chi connectivity index (χ4v) is 2.74. The molecule has 1 rings (SSSR count). The van der Waals surface area contributed by atoms with E-state index in [1.54, 1.807) is 30.3 Å². The molecule has 5 heteroatoms. The van der Waals surface area contributed by atoms with Gasteiger partial charge in [0.25, 0.3) is 0 Å². The molecule has 0 unspecified atom stereocenters. The average Bonchev–Trinajstić information content (AvgIpc) is 2.38. The molecule has 1 aromatic carbocycles. The summed E-state index contributed by atoms with van der Waals surface area (Å²) in [6.07, 6.45) is 2.47. The summed E-state index contributed by atoms with van der Waals surface area (Å²) in [5.74, 6) is -0.879.